The molecule has 0 saturated carbocycles. The van der Waals surface area contributed by atoms with E-state index in [1.807, 2.05) is 18.2 Å². The minimum Gasteiger partial charge on any atom is -0.480 e. The van der Waals surface area contributed by atoms with Crippen LogP contribution >= 0.6 is 27.5 Å². The van der Waals surface area contributed by atoms with Crippen LogP contribution in [0.5, 0.6) is 11.5 Å². The predicted molar refractivity (Wildman–Crippen MR) is 78.7 cm³/mol. The van der Waals surface area contributed by atoms with Gasteiger partial charge in [0.2, 0.25) is 0 Å². The van der Waals surface area contributed by atoms with E-state index in [-0.39, 0.29) is 0 Å². The van der Waals surface area contributed by atoms with E-state index in [1.165, 1.54) is 6.40 Å². The Labute approximate surface area is 128 Å². The number of halogens is 2. The number of fused-ring (bicyclic) bond motifs is 4. The van der Waals surface area contributed by atoms with Gasteiger partial charge in [-0.1, -0.05) is 27.5 Å². The molecule has 4 rings (SSSR count). The molecule has 1 spiro atoms. The van der Waals surface area contributed by atoms with Crippen molar-refractivity contribution in [3.8, 4) is 11.5 Å². The number of pyridine rings is 1. The fourth-order valence-corrected chi connectivity index (χ4v) is 3.14. The summed E-state index contributed by atoms with van der Waals surface area (Å²) in [6.45, 7) is 0.424. The van der Waals surface area contributed by atoms with E-state index >= 15 is 0 Å². The Morgan fingerprint density at radius 1 is 1.20 bits per heavy atom. The van der Waals surface area contributed by atoms with Gasteiger partial charge in [-0.2, -0.15) is 0 Å². The summed E-state index contributed by atoms with van der Waals surface area (Å²) < 4.78 is 12.3. The molecule has 0 bridgehead atoms. The van der Waals surface area contributed by atoms with Crippen LogP contribution < -0.4 is 4.74 Å². The van der Waals surface area contributed by atoms with E-state index in [0.29, 0.717) is 17.5 Å². The van der Waals surface area contributed by atoms with E-state index in [9.17, 15) is 0 Å². The van der Waals surface area contributed by atoms with Crippen LogP contribution in [-0.2, 0) is 10.3 Å². The molecule has 0 fully saturated rings. The molecule has 100 valence electrons. The quantitative estimate of drug-likeness (QED) is 0.676. The highest BCUT2D eigenvalue weighted by Crippen LogP contribution is 2.51. The smallest absolute Gasteiger partial charge is 0.170 e. The largest absolute Gasteiger partial charge is 0.480 e. The molecule has 20 heavy (non-hydrogen) atoms. The fraction of sp³-hybridized carbons (Fsp3) is 0.143. The Balaban J connectivity index is 2.04. The van der Waals surface area contributed by atoms with Crippen LogP contribution in [0.25, 0.3) is 0 Å². The van der Waals surface area contributed by atoms with Gasteiger partial charge in [-0.05, 0) is 24.3 Å². The summed E-state index contributed by atoms with van der Waals surface area (Å²) in [5.41, 5.74) is 1.21. The average molecular weight is 352 g/mol. The molecule has 2 aliphatic rings. The summed E-state index contributed by atoms with van der Waals surface area (Å²) in [6, 6.07) is 7.62. The lowest BCUT2D eigenvalue weighted by Crippen LogP contribution is -2.31. The van der Waals surface area contributed by atoms with Crippen LogP contribution in [0.2, 0.25) is 5.15 Å². The Hall–Kier alpha value is -1.59. The zero-order valence-electron chi connectivity index (χ0n) is 10.1. The SMILES string of the molecule is Clc1cc2c(cn1)Oc1ccc(Br)cc1[C@]21COC=N1. The summed E-state index contributed by atoms with van der Waals surface area (Å²) in [6.07, 6.45) is 3.10. The average Bonchev–Trinajstić information content (AvgIpc) is 2.92. The lowest BCUT2D eigenvalue weighted by molar-refractivity contribution is 0.273. The van der Waals surface area contributed by atoms with Crippen LogP contribution in [0.1, 0.15) is 11.1 Å². The molecule has 0 unspecified atom stereocenters. The van der Waals surface area contributed by atoms with E-state index in [2.05, 4.69) is 25.9 Å². The maximum Gasteiger partial charge on any atom is 0.170 e. The van der Waals surface area contributed by atoms with Gasteiger partial charge in [-0.15, -0.1) is 0 Å². The Kier molecular flexibility index (Phi) is 2.56. The number of nitrogens with zero attached hydrogens (tertiary/aromatic N) is 2. The molecule has 0 aliphatic carbocycles. The molecule has 1 aromatic heterocycles. The summed E-state index contributed by atoms with van der Waals surface area (Å²) in [5, 5.41) is 0.410. The highest BCUT2D eigenvalue weighted by molar-refractivity contribution is 9.10. The first-order valence-corrected chi connectivity index (χ1v) is 7.15. The molecule has 0 N–H and O–H groups in total. The molecule has 0 amide bonds. The standard InChI is InChI=1S/C14H8BrClN2O2/c15-8-1-2-11-9(3-8)14(6-19-7-18-14)10-4-13(16)17-5-12(10)20-11/h1-5,7H,6H2/t14-/m1/s1. The van der Waals surface area contributed by atoms with Crippen molar-refractivity contribution in [3.63, 3.8) is 0 Å². The van der Waals surface area contributed by atoms with E-state index in [1.54, 1.807) is 12.3 Å². The summed E-state index contributed by atoms with van der Waals surface area (Å²) in [7, 11) is 0. The van der Waals surface area contributed by atoms with Crippen molar-refractivity contribution in [2.24, 2.45) is 4.99 Å². The second-order valence-corrected chi connectivity index (χ2v) is 5.95. The molecule has 0 saturated heterocycles. The monoisotopic (exact) mass is 350 g/mol. The summed E-state index contributed by atoms with van der Waals surface area (Å²) >= 11 is 9.52. The van der Waals surface area contributed by atoms with Crippen molar-refractivity contribution in [2.45, 2.75) is 5.54 Å². The number of hydrogen-bond acceptors (Lipinski definition) is 4. The third kappa shape index (κ3) is 1.60. The molecule has 1 atom stereocenters. The number of benzene rings is 1. The number of rotatable bonds is 0. The maximum absolute atomic E-state index is 6.03. The number of aromatic nitrogens is 1. The summed E-state index contributed by atoms with van der Waals surface area (Å²) in [5.74, 6) is 1.42. The lowest BCUT2D eigenvalue weighted by atomic mass is 9.82. The van der Waals surface area contributed by atoms with Crippen LogP contribution in [0.15, 0.2) is 39.9 Å². The van der Waals surface area contributed by atoms with E-state index in [4.69, 9.17) is 21.1 Å². The van der Waals surface area contributed by atoms with Gasteiger partial charge >= 0.3 is 0 Å². The molecule has 3 heterocycles. The Morgan fingerprint density at radius 2 is 2.05 bits per heavy atom. The fourth-order valence-electron chi connectivity index (χ4n) is 2.62. The minimum atomic E-state index is -0.612. The van der Waals surface area contributed by atoms with Crippen molar-refractivity contribution in [1.29, 1.82) is 0 Å². The van der Waals surface area contributed by atoms with Gasteiger partial charge < -0.3 is 9.47 Å². The van der Waals surface area contributed by atoms with Crippen molar-refractivity contribution < 1.29 is 9.47 Å². The first-order valence-electron chi connectivity index (χ1n) is 5.98. The zero-order valence-corrected chi connectivity index (χ0v) is 12.5. The molecule has 2 aliphatic heterocycles. The Bertz CT molecular complexity index is 696. The van der Waals surface area contributed by atoms with Gasteiger partial charge in [-0.3, -0.25) is 0 Å². The molecule has 6 heteroatoms. The molecule has 2 aromatic rings. The van der Waals surface area contributed by atoms with Crippen LogP contribution in [0.4, 0.5) is 0 Å². The normalized spacial score (nSPS) is 22.1. The maximum atomic E-state index is 6.03. The van der Waals surface area contributed by atoms with Crippen LogP contribution in [-0.4, -0.2) is 18.0 Å². The molecule has 0 radical (unpaired) electrons. The van der Waals surface area contributed by atoms with E-state index < -0.39 is 5.54 Å². The van der Waals surface area contributed by atoms with Gasteiger partial charge in [0.25, 0.3) is 0 Å². The van der Waals surface area contributed by atoms with E-state index in [0.717, 1.165) is 21.3 Å². The van der Waals surface area contributed by atoms with Crippen molar-refractivity contribution in [3.05, 3.63) is 51.2 Å². The van der Waals surface area contributed by atoms with Crippen molar-refractivity contribution >= 4 is 33.9 Å². The van der Waals surface area contributed by atoms with Gasteiger partial charge in [0.15, 0.2) is 17.7 Å². The van der Waals surface area contributed by atoms with Gasteiger partial charge in [-0.25, -0.2) is 9.98 Å². The van der Waals surface area contributed by atoms with Crippen LogP contribution in [0, 0.1) is 0 Å². The van der Waals surface area contributed by atoms with Gasteiger partial charge in [0.05, 0.1) is 6.20 Å². The molecule has 1 aromatic carbocycles. The second-order valence-electron chi connectivity index (χ2n) is 4.65. The van der Waals surface area contributed by atoms with Gasteiger partial charge in [0, 0.05) is 15.6 Å². The number of aliphatic imine (C=N–C) groups is 1. The Morgan fingerprint density at radius 3 is 2.85 bits per heavy atom. The zero-order chi connectivity index (χ0) is 13.7. The second kappa shape index (κ2) is 4.20. The first-order chi connectivity index (χ1) is 9.69. The predicted octanol–water partition coefficient (Wildman–Crippen LogP) is 3.91. The lowest BCUT2D eigenvalue weighted by Gasteiger charge is -2.33. The molecule has 4 nitrogen and oxygen atoms in total. The molecular weight excluding hydrogens is 344 g/mol. The van der Waals surface area contributed by atoms with Crippen molar-refractivity contribution in [1.82, 2.24) is 4.98 Å². The highest BCUT2D eigenvalue weighted by atomic mass is 79.9. The number of hydrogen-bond donors (Lipinski definition) is 0. The van der Waals surface area contributed by atoms with Crippen molar-refractivity contribution in [2.75, 3.05) is 6.61 Å². The third-order valence-electron chi connectivity index (χ3n) is 3.53. The third-order valence-corrected chi connectivity index (χ3v) is 4.23. The van der Waals surface area contributed by atoms with Crippen LogP contribution in [0.3, 0.4) is 0 Å². The molecular formula is C14H8BrClN2O2. The van der Waals surface area contributed by atoms with Gasteiger partial charge in [0.1, 0.15) is 17.5 Å². The minimum absolute atomic E-state index is 0.410. The highest BCUT2D eigenvalue weighted by Gasteiger charge is 2.45. The topological polar surface area (TPSA) is 43.7 Å². The number of ether oxygens (including phenoxy) is 2. The first kappa shape index (κ1) is 12.2. The summed E-state index contributed by atoms with van der Waals surface area (Å²) in [4.78, 5) is 8.63.